The summed E-state index contributed by atoms with van der Waals surface area (Å²) in [4.78, 5) is 32.6. The standard InChI is InChI=1S/C12H15N3O5/c1-7(16)14-8-2-4-9(5-3-8)15-12(20)13-6-10(17)11(18)19/h2-5,10,17H,6H2,1H3,(H,14,16)(H,18,19)(H2,13,15,20). The zero-order valence-corrected chi connectivity index (χ0v) is 10.7. The molecule has 0 aliphatic rings. The van der Waals surface area contributed by atoms with Gasteiger partial charge < -0.3 is 26.2 Å². The van der Waals surface area contributed by atoms with E-state index in [9.17, 15) is 14.4 Å². The molecule has 5 N–H and O–H groups in total. The van der Waals surface area contributed by atoms with Crippen LogP contribution in [0.5, 0.6) is 0 Å². The molecule has 0 saturated carbocycles. The quantitative estimate of drug-likeness (QED) is 0.527. The Bertz CT molecular complexity index is 500. The lowest BCUT2D eigenvalue weighted by Gasteiger charge is -2.10. The molecule has 8 heteroatoms. The Morgan fingerprint density at radius 3 is 2.05 bits per heavy atom. The van der Waals surface area contributed by atoms with Crippen LogP contribution in [-0.4, -0.2) is 40.8 Å². The summed E-state index contributed by atoms with van der Waals surface area (Å²) >= 11 is 0. The molecule has 20 heavy (non-hydrogen) atoms. The maximum atomic E-state index is 11.4. The second-order valence-electron chi connectivity index (χ2n) is 3.95. The molecule has 0 bridgehead atoms. The molecule has 0 radical (unpaired) electrons. The number of urea groups is 1. The van der Waals surface area contributed by atoms with E-state index in [0.717, 1.165) is 0 Å². The van der Waals surface area contributed by atoms with Crippen LogP contribution in [0.1, 0.15) is 6.92 Å². The summed E-state index contributed by atoms with van der Waals surface area (Å²) in [5, 5.41) is 24.6. The average molecular weight is 281 g/mol. The number of aliphatic hydroxyl groups excluding tert-OH is 1. The number of hydrogen-bond donors (Lipinski definition) is 5. The van der Waals surface area contributed by atoms with E-state index in [4.69, 9.17) is 10.2 Å². The second kappa shape index (κ2) is 7.10. The van der Waals surface area contributed by atoms with Gasteiger partial charge in [-0.2, -0.15) is 0 Å². The molecule has 0 heterocycles. The lowest BCUT2D eigenvalue weighted by atomic mass is 10.3. The van der Waals surface area contributed by atoms with Crippen LogP contribution >= 0.6 is 0 Å². The van der Waals surface area contributed by atoms with Gasteiger partial charge in [-0.25, -0.2) is 9.59 Å². The highest BCUT2D eigenvalue weighted by Crippen LogP contribution is 2.13. The highest BCUT2D eigenvalue weighted by molar-refractivity contribution is 5.91. The molecule has 8 nitrogen and oxygen atoms in total. The van der Waals surface area contributed by atoms with Gasteiger partial charge >= 0.3 is 12.0 Å². The Kier molecular flexibility index (Phi) is 5.48. The van der Waals surface area contributed by atoms with E-state index in [1.54, 1.807) is 24.3 Å². The van der Waals surface area contributed by atoms with E-state index in [2.05, 4.69) is 16.0 Å². The van der Waals surface area contributed by atoms with Crippen LogP contribution in [0.4, 0.5) is 16.2 Å². The van der Waals surface area contributed by atoms with Crippen LogP contribution in [-0.2, 0) is 9.59 Å². The lowest BCUT2D eigenvalue weighted by molar-refractivity contribution is -0.146. The Balaban J connectivity index is 2.46. The minimum Gasteiger partial charge on any atom is -0.479 e. The Morgan fingerprint density at radius 2 is 1.60 bits per heavy atom. The first-order valence-corrected chi connectivity index (χ1v) is 5.72. The van der Waals surface area contributed by atoms with Crippen molar-refractivity contribution in [2.45, 2.75) is 13.0 Å². The summed E-state index contributed by atoms with van der Waals surface area (Å²) in [6.07, 6.45) is -1.65. The van der Waals surface area contributed by atoms with Gasteiger partial charge in [-0.1, -0.05) is 0 Å². The van der Waals surface area contributed by atoms with Crippen molar-refractivity contribution in [2.24, 2.45) is 0 Å². The molecule has 0 spiro atoms. The number of benzene rings is 1. The van der Waals surface area contributed by atoms with E-state index in [1.807, 2.05) is 0 Å². The average Bonchev–Trinajstić information content (AvgIpc) is 2.37. The number of hydrogen-bond acceptors (Lipinski definition) is 4. The number of nitrogens with one attached hydrogen (secondary N) is 3. The fourth-order valence-corrected chi connectivity index (χ4v) is 1.29. The van der Waals surface area contributed by atoms with Crippen molar-refractivity contribution in [1.29, 1.82) is 0 Å². The van der Waals surface area contributed by atoms with E-state index >= 15 is 0 Å². The minimum atomic E-state index is -1.65. The normalized spacial score (nSPS) is 11.3. The molecule has 0 saturated heterocycles. The summed E-state index contributed by atoms with van der Waals surface area (Å²) in [5.41, 5.74) is 1.05. The summed E-state index contributed by atoms with van der Waals surface area (Å²) in [5.74, 6) is -1.61. The van der Waals surface area contributed by atoms with Gasteiger partial charge in [-0.15, -0.1) is 0 Å². The first-order valence-electron chi connectivity index (χ1n) is 5.72. The van der Waals surface area contributed by atoms with Crippen LogP contribution < -0.4 is 16.0 Å². The zero-order valence-electron chi connectivity index (χ0n) is 10.7. The lowest BCUT2D eigenvalue weighted by Crippen LogP contribution is -2.38. The largest absolute Gasteiger partial charge is 0.479 e. The molecule has 1 unspecified atom stereocenters. The molecular formula is C12H15N3O5. The van der Waals surface area contributed by atoms with Gasteiger partial charge in [0.05, 0.1) is 6.54 Å². The van der Waals surface area contributed by atoms with Gasteiger partial charge in [0.1, 0.15) is 0 Å². The molecular weight excluding hydrogens is 266 g/mol. The van der Waals surface area contributed by atoms with Gasteiger partial charge in [0.25, 0.3) is 0 Å². The fraction of sp³-hybridized carbons (Fsp3) is 0.250. The topological polar surface area (TPSA) is 128 Å². The van der Waals surface area contributed by atoms with Crippen LogP contribution in [0, 0.1) is 0 Å². The number of carboxylic acid groups (broad SMARTS) is 1. The molecule has 1 aromatic carbocycles. The molecule has 1 atom stereocenters. The van der Waals surface area contributed by atoms with Gasteiger partial charge in [0.2, 0.25) is 5.91 Å². The first-order chi connectivity index (χ1) is 9.38. The van der Waals surface area contributed by atoms with Crippen molar-refractivity contribution < 1.29 is 24.6 Å². The third-order valence-corrected chi connectivity index (χ3v) is 2.20. The van der Waals surface area contributed by atoms with E-state index in [1.165, 1.54) is 6.92 Å². The van der Waals surface area contributed by atoms with Crippen LogP contribution in [0.3, 0.4) is 0 Å². The van der Waals surface area contributed by atoms with Gasteiger partial charge in [-0.3, -0.25) is 4.79 Å². The molecule has 0 aromatic heterocycles. The van der Waals surface area contributed by atoms with Crippen molar-refractivity contribution in [3.63, 3.8) is 0 Å². The van der Waals surface area contributed by atoms with Crippen molar-refractivity contribution >= 4 is 29.3 Å². The summed E-state index contributed by atoms with van der Waals surface area (Å²) < 4.78 is 0. The predicted molar refractivity (Wildman–Crippen MR) is 71.4 cm³/mol. The first kappa shape index (κ1) is 15.4. The third-order valence-electron chi connectivity index (χ3n) is 2.20. The monoisotopic (exact) mass is 281 g/mol. The van der Waals surface area contributed by atoms with E-state index in [0.29, 0.717) is 11.4 Å². The number of aliphatic carboxylic acids is 1. The van der Waals surface area contributed by atoms with Crippen molar-refractivity contribution in [1.82, 2.24) is 5.32 Å². The van der Waals surface area contributed by atoms with Crippen molar-refractivity contribution in [3.05, 3.63) is 24.3 Å². The number of aliphatic hydroxyl groups is 1. The summed E-state index contributed by atoms with van der Waals surface area (Å²) in [7, 11) is 0. The van der Waals surface area contributed by atoms with Crippen LogP contribution in [0.25, 0.3) is 0 Å². The molecule has 1 rings (SSSR count). The Labute approximate surface area is 114 Å². The summed E-state index contributed by atoms with van der Waals surface area (Å²) in [6.45, 7) is 0.985. The Morgan fingerprint density at radius 1 is 1.10 bits per heavy atom. The SMILES string of the molecule is CC(=O)Nc1ccc(NC(=O)NCC(O)C(=O)O)cc1. The van der Waals surface area contributed by atoms with Crippen LogP contribution in [0.15, 0.2) is 24.3 Å². The van der Waals surface area contributed by atoms with E-state index < -0.39 is 24.6 Å². The van der Waals surface area contributed by atoms with Crippen LogP contribution in [0.2, 0.25) is 0 Å². The third kappa shape index (κ3) is 5.36. The van der Waals surface area contributed by atoms with Gasteiger partial charge in [0.15, 0.2) is 6.10 Å². The highest BCUT2D eigenvalue weighted by atomic mass is 16.4. The number of carbonyl (C=O) groups is 3. The molecule has 0 aliphatic carbocycles. The highest BCUT2D eigenvalue weighted by Gasteiger charge is 2.13. The number of amides is 3. The minimum absolute atomic E-state index is 0.203. The Hall–Kier alpha value is -2.61. The predicted octanol–water partition coefficient (Wildman–Crippen LogP) is 0.212. The number of anilines is 2. The van der Waals surface area contributed by atoms with Crippen molar-refractivity contribution in [3.8, 4) is 0 Å². The molecule has 3 amide bonds. The maximum Gasteiger partial charge on any atom is 0.334 e. The van der Waals surface area contributed by atoms with Crippen molar-refractivity contribution in [2.75, 3.05) is 17.2 Å². The number of carbonyl (C=O) groups excluding carboxylic acids is 2. The zero-order chi connectivity index (χ0) is 15.1. The fourth-order valence-electron chi connectivity index (χ4n) is 1.29. The number of rotatable bonds is 5. The molecule has 108 valence electrons. The summed E-state index contributed by atoms with van der Waals surface area (Å²) in [6, 6.07) is 5.70. The van der Waals surface area contributed by atoms with E-state index in [-0.39, 0.29) is 5.91 Å². The van der Waals surface area contributed by atoms with Gasteiger partial charge in [-0.05, 0) is 24.3 Å². The molecule has 0 fully saturated rings. The molecule has 0 aliphatic heterocycles. The van der Waals surface area contributed by atoms with Gasteiger partial charge in [0, 0.05) is 18.3 Å². The number of carboxylic acids is 1. The maximum absolute atomic E-state index is 11.4. The smallest absolute Gasteiger partial charge is 0.334 e. The second-order valence-corrected chi connectivity index (χ2v) is 3.95. The molecule has 1 aromatic rings.